The smallest absolute Gasteiger partial charge is 0.246 e. The minimum Gasteiger partial charge on any atom is -0.494 e. The summed E-state index contributed by atoms with van der Waals surface area (Å²) in [5.41, 5.74) is 2.45. The van der Waals surface area contributed by atoms with Crippen LogP contribution in [-0.4, -0.2) is 31.0 Å². The third-order valence-electron chi connectivity index (χ3n) is 4.46. The first-order valence-corrected chi connectivity index (χ1v) is 9.27. The third kappa shape index (κ3) is 4.78. The van der Waals surface area contributed by atoms with Crippen molar-refractivity contribution in [1.29, 1.82) is 0 Å². The number of carbonyl (C=O) groups is 2. The fourth-order valence-electron chi connectivity index (χ4n) is 3.03. The van der Waals surface area contributed by atoms with Crippen LogP contribution in [0.3, 0.4) is 0 Å². The minimum atomic E-state index is -0.407. The number of hydrogen-bond acceptors (Lipinski definition) is 4. The Hall–Kier alpha value is -3.02. The highest BCUT2D eigenvalue weighted by molar-refractivity contribution is 5.97. The number of anilines is 3. The molecule has 2 amide bonds. The molecule has 0 bridgehead atoms. The fraction of sp³-hybridized carbons (Fsp3) is 0.333. The summed E-state index contributed by atoms with van der Waals surface area (Å²) in [7, 11) is 0. The molecule has 0 saturated carbocycles. The van der Waals surface area contributed by atoms with E-state index in [4.69, 9.17) is 4.74 Å². The number of amides is 2. The molecule has 1 atom stereocenters. The Labute approximate surface area is 159 Å². The van der Waals surface area contributed by atoms with Crippen molar-refractivity contribution in [2.45, 2.75) is 32.7 Å². The molecule has 2 aromatic rings. The second-order valence-electron chi connectivity index (χ2n) is 6.51. The molecule has 1 heterocycles. The molecule has 2 N–H and O–H groups in total. The van der Waals surface area contributed by atoms with Crippen LogP contribution in [0.25, 0.3) is 0 Å². The molecule has 0 aromatic heterocycles. The first-order valence-electron chi connectivity index (χ1n) is 9.27. The largest absolute Gasteiger partial charge is 0.494 e. The van der Waals surface area contributed by atoms with E-state index in [9.17, 15) is 9.59 Å². The monoisotopic (exact) mass is 367 g/mol. The number of ether oxygens (including phenoxy) is 1. The van der Waals surface area contributed by atoms with Crippen molar-refractivity contribution in [2.24, 2.45) is 0 Å². The number of nitrogens with zero attached hydrogens (tertiary/aromatic N) is 1. The van der Waals surface area contributed by atoms with Gasteiger partial charge in [0.2, 0.25) is 11.8 Å². The van der Waals surface area contributed by atoms with E-state index in [1.807, 2.05) is 62.4 Å². The quantitative estimate of drug-likeness (QED) is 0.784. The molecule has 1 fully saturated rings. The zero-order valence-corrected chi connectivity index (χ0v) is 15.7. The van der Waals surface area contributed by atoms with Gasteiger partial charge in [-0.25, -0.2) is 0 Å². The van der Waals surface area contributed by atoms with E-state index in [2.05, 4.69) is 10.6 Å². The molecule has 0 radical (unpaired) electrons. The average Bonchev–Trinajstić information content (AvgIpc) is 3.10. The first-order chi connectivity index (χ1) is 13.1. The molecule has 142 valence electrons. The summed E-state index contributed by atoms with van der Waals surface area (Å²) in [6.45, 7) is 5.12. The Morgan fingerprint density at radius 2 is 1.78 bits per heavy atom. The highest BCUT2D eigenvalue weighted by atomic mass is 16.5. The van der Waals surface area contributed by atoms with Gasteiger partial charge in [0.25, 0.3) is 0 Å². The Morgan fingerprint density at radius 1 is 1.11 bits per heavy atom. The molecule has 1 aliphatic heterocycles. The lowest BCUT2D eigenvalue weighted by molar-refractivity contribution is -0.117. The minimum absolute atomic E-state index is 0.127. The molecule has 6 nitrogen and oxygen atoms in total. The zero-order valence-electron chi connectivity index (χ0n) is 15.7. The average molecular weight is 367 g/mol. The maximum atomic E-state index is 12.4. The number of benzene rings is 2. The van der Waals surface area contributed by atoms with Crippen molar-refractivity contribution in [3.05, 3.63) is 48.5 Å². The molecule has 1 saturated heterocycles. The molecular formula is C21H25N3O3. The van der Waals surface area contributed by atoms with Crippen LogP contribution in [0, 0.1) is 0 Å². The van der Waals surface area contributed by atoms with Crippen molar-refractivity contribution in [3.63, 3.8) is 0 Å². The molecule has 0 spiro atoms. The van der Waals surface area contributed by atoms with Crippen LogP contribution in [0.1, 0.15) is 26.7 Å². The van der Waals surface area contributed by atoms with Gasteiger partial charge in [-0.05, 0) is 68.8 Å². The number of hydrogen-bond donors (Lipinski definition) is 2. The summed E-state index contributed by atoms with van der Waals surface area (Å²) in [6, 6.07) is 14.5. The standard InChI is InChI=1S/C21H25N3O3/c1-3-27-19-12-8-17(9-13-19)23-21(26)15(2)22-16-6-10-18(11-7-16)24-14-4-5-20(24)25/h6-13,15,22H,3-5,14H2,1-2H3,(H,23,26). The van der Waals surface area contributed by atoms with Crippen molar-refractivity contribution in [3.8, 4) is 5.75 Å². The van der Waals surface area contributed by atoms with E-state index in [-0.39, 0.29) is 11.8 Å². The second-order valence-corrected chi connectivity index (χ2v) is 6.51. The van der Waals surface area contributed by atoms with E-state index < -0.39 is 6.04 Å². The molecule has 1 aliphatic rings. The topological polar surface area (TPSA) is 70.7 Å². The van der Waals surface area contributed by atoms with Crippen LogP contribution < -0.4 is 20.3 Å². The van der Waals surface area contributed by atoms with Crippen LogP contribution in [0.2, 0.25) is 0 Å². The van der Waals surface area contributed by atoms with Gasteiger partial charge in [-0.3, -0.25) is 9.59 Å². The Kier molecular flexibility index (Phi) is 5.96. The third-order valence-corrected chi connectivity index (χ3v) is 4.46. The fourth-order valence-corrected chi connectivity index (χ4v) is 3.03. The van der Waals surface area contributed by atoms with Crippen molar-refractivity contribution in [1.82, 2.24) is 0 Å². The zero-order chi connectivity index (χ0) is 19.2. The Bertz CT molecular complexity index is 787. The highest BCUT2D eigenvalue weighted by Crippen LogP contribution is 2.23. The molecule has 1 unspecified atom stereocenters. The van der Waals surface area contributed by atoms with E-state index in [1.54, 1.807) is 4.90 Å². The van der Waals surface area contributed by atoms with Gasteiger partial charge in [-0.15, -0.1) is 0 Å². The molecule has 0 aliphatic carbocycles. The first kappa shape index (κ1) is 18.8. The van der Waals surface area contributed by atoms with Crippen molar-refractivity contribution < 1.29 is 14.3 Å². The predicted octanol–water partition coefficient (Wildman–Crippen LogP) is 3.65. The maximum absolute atomic E-state index is 12.4. The summed E-state index contributed by atoms with van der Waals surface area (Å²) >= 11 is 0. The lowest BCUT2D eigenvalue weighted by atomic mass is 10.2. The van der Waals surface area contributed by atoms with Gasteiger partial charge in [0.1, 0.15) is 11.8 Å². The predicted molar refractivity (Wildman–Crippen MR) is 107 cm³/mol. The lowest BCUT2D eigenvalue weighted by Gasteiger charge is -2.18. The number of rotatable bonds is 7. The van der Waals surface area contributed by atoms with E-state index in [0.29, 0.717) is 13.0 Å². The molecular weight excluding hydrogens is 342 g/mol. The molecule has 6 heteroatoms. The van der Waals surface area contributed by atoms with Crippen molar-refractivity contribution >= 4 is 28.9 Å². The van der Waals surface area contributed by atoms with Crippen LogP contribution in [0.4, 0.5) is 17.1 Å². The SMILES string of the molecule is CCOc1ccc(NC(=O)C(C)Nc2ccc(N3CCCC3=O)cc2)cc1. The van der Waals surface area contributed by atoms with Gasteiger partial charge in [-0.1, -0.05) is 0 Å². The van der Waals surface area contributed by atoms with Crippen LogP contribution in [0.5, 0.6) is 5.75 Å². The Balaban J connectivity index is 1.55. The molecule has 3 rings (SSSR count). The van der Waals surface area contributed by atoms with Gasteiger partial charge in [0.05, 0.1) is 6.61 Å². The van der Waals surface area contributed by atoms with E-state index in [0.717, 1.165) is 35.8 Å². The second kappa shape index (κ2) is 8.58. The maximum Gasteiger partial charge on any atom is 0.246 e. The van der Waals surface area contributed by atoms with Crippen LogP contribution >= 0.6 is 0 Å². The van der Waals surface area contributed by atoms with Gasteiger partial charge >= 0.3 is 0 Å². The Morgan fingerprint density at radius 3 is 2.37 bits per heavy atom. The summed E-state index contributed by atoms with van der Waals surface area (Å²) in [4.78, 5) is 26.0. The van der Waals surface area contributed by atoms with Crippen LogP contribution in [-0.2, 0) is 9.59 Å². The van der Waals surface area contributed by atoms with Gasteiger partial charge < -0.3 is 20.3 Å². The van der Waals surface area contributed by atoms with Gasteiger partial charge in [0.15, 0.2) is 0 Å². The van der Waals surface area contributed by atoms with Crippen LogP contribution in [0.15, 0.2) is 48.5 Å². The summed E-state index contributed by atoms with van der Waals surface area (Å²) in [5, 5.41) is 6.07. The van der Waals surface area contributed by atoms with Gasteiger partial charge in [0, 0.05) is 30.0 Å². The molecule has 2 aromatic carbocycles. The van der Waals surface area contributed by atoms with E-state index >= 15 is 0 Å². The number of carbonyl (C=O) groups excluding carboxylic acids is 2. The van der Waals surface area contributed by atoms with E-state index in [1.165, 1.54) is 0 Å². The van der Waals surface area contributed by atoms with Gasteiger partial charge in [-0.2, -0.15) is 0 Å². The highest BCUT2D eigenvalue weighted by Gasteiger charge is 2.21. The summed E-state index contributed by atoms with van der Waals surface area (Å²) in [6.07, 6.45) is 1.52. The lowest BCUT2D eigenvalue weighted by Crippen LogP contribution is -2.31. The normalized spacial score (nSPS) is 14.7. The summed E-state index contributed by atoms with van der Waals surface area (Å²) < 4.78 is 5.40. The number of nitrogens with one attached hydrogen (secondary N) is 2. The molecule has 27 heavy (non-hydrogen) atoms. The van der Waals surface area contributed by atoms with Crippen molar-refractivity contribution in [2.75, 3.05) is 28.7 Å². The summed E-state index contributed by atoms with van der Waals surface area (Å²) in [5.74, 6) is 0.815.